The van der Waals surface area contributed by atoms with Crippen molar-refractivity contribution in [2.75, 3.05) is 21.2 Å². The summed E-state index contributed by atoms with van der Waals surface area (Å²) in [5, 5.41) is 17.4. The summed E-state index contributed by atoms with van der Waals surface area (Å²) in [4.78, 5) is 5.39. The molecule has 3 aromatic heterocycles. The Balaban J connectivity index is 1.73. The van der Waals surface area contributed by atoms with Gasteiger partial charge in [0.1, 0.15) is 12.3 Å². The Bertz CT molecular complexity index is 1880. The third kappa shape index (κ3) is 2.17. The molecule has 0 radical (unpaired) electrons. The monoisotopic (exact) mass is 480 g/mol. The van der Waals surface area contributed by atoms with Crippen molar-refractivity contribution in [3.05, 3.63) is 54.7 Å². The molecule has 7 nitrogen and oxygen atoms in total. The van der Waals surface area contributed by atoms with Crippen molar-refractivity contribution in [3.63, 3.8) is 0 Å². The van der Waals surface area contributed by atoms with Crippen LogP contribution in [0.25, 0.3) is 54.4 Å². The van der Waals surface area contributed by atoms with Gasteiger partial charge in [0, 0.05) is 52.7 Å². The van der Waals surface area contributed by atoms with Crippen LogP contribution < -0.4 is 0 Å². The van der Waals surface area contributed by atoms with Gasteiger partial charge in [0.15, 0.2) is 11.6 Å². The lowest BCUT2D eigenvalue weighted by Gasteiger charge is -2.50. The largest absolute Gasteiger partial charge is 0.494 e. The molecule has 0 aliphatic carbocycles. The fourth-order valence-electron chi connectivity index (χ4n) is 7.38. The zero-order valence-electron chi connectivity index (χ0n) is 20.7. The molecule has 3 aromatic carbocycles. The van der Waals surface area contributed by atoms with Crippen LogP contribution in [-0.2, 0) is 15.2 Å². The van der Waals surface area contributed by atoms with Crippen LogP contribution in [0.4, 0.5) is 0 Å². The summed E-state index contributed by atoms with van der Waals surface area (Å²) < 4.78 is 18.2. The summed E-state index contributed by atoms with van der Waals surface area (Å²) >= 11 is 0. The summed E-state index contributed by atoms with van der Waals surface area (Å²) in [7, 11) is 6.04. The number of aromatic nitrogens is 3. The van der Waals surface area contributed by atoms with Crippen LogP contribution in [0, 0.1) is 0 Å². The maximum absolute atomic E-state index is 11.1. The predicted octanol–water partition coefficient (Wildman–Crippen LogP) is 5.64. The molecule has 4 atom stereocenters. The van der Waals surface area contributed by atoms with Gasteiger partial charge < -0.3 is 33.6 Å². The van der Waals surface area contributed by atoms with E-state index in [0.717, 1.165) is 60.8 Å². The van der Waals surface area contributed by atoms with Gasteiger partial charge in [0.2, 0.25) is 0 Å². The van der Waals surface area contributed by atoms with Gasteiger partial charge in [0.25, 0.3) is 0 Å². The van der Waals surface area contributed by atoms with E-state index in [9.17, 15) is 5.11 Å². The van der Waals surface area contributed by atoms with Crippen molar-refractivity contribution in [2.45, 2.75) is 37.4 Å². The number of aromatic amines is 1. The lowest BCUT2D eigenvalue weighted by atomic mass is 9.92. The van der Waals surface area contributed by atoms with Crippen LogP contribution in [0.2, 0.25) is 0 Å². The fourth-order valence-corrected chi connectivity index (χ4v) is 7.38. The van der Waals surface area contributed by atoms with Gasteiger partial charge >= 0.3 is 0 Å². The second kappa shape index (κ2) is 6.62. The minimum Gasteiger partial charge on any atom is -0.494 e. The summed E-state index contributed by atoms with van der Waals surface area (Å²) in [5.41, 5.74) is 3.69. The van der Waals surface area contributed by atoms with E-state index in [0.29, 0.717) is 0 Å². The molecular formula is C29H28N4O3. The molecular weight excluding hydrogens is 452 g/mol. The maximum atomic E-state index is 11.1. The number of hydrogen-bond acceptors (Lipinski definition) is 4. The molecule has 36 heavy (non-hydrogen) atoms. The molecule has 1 fully saturated rings. The normalized spacial score (nSPS) is 25.9. The number of para-hydroxylation sites is 2. The standard InChI is InChI=1S/C29H28N4O3/c1-29-27(35-4)20(31(2)3)13-21(36-29)32-18-11-7-5-9-15(18)23-24-17(14-30-28(24)34)22-16-10-6-8-12-19(16)33(29)26(22)25(23)32/h5-12,14,20-21,27,30,34H,13H2,1-4H3/t20-,21-,27-,29+/m1/s1. The molecule has 0 saturated carbocycles. The quantitative estimate of drug-likeness (QED) is 0.337. The Morgan fingerprint density at radius 1 is 0.972 bits per heavy atom. The molecule has 182 valence electrons. The van der Waals surface area contributed by atoms with Crippen LogP contribution in [0.3, 0.4) is 0 Å². The molecule has 2 N–H and O–H groups in total. The average Bonchev–Trinajstić information content (AvgIpc) is 3.51. The number of likely N-dealkylation sites (N-methyl/N-ethyl adjacent to an activating group) is 1. The number of nitrogens with one attached hydrogen (secondary N) is 1. The Labute approximate surface area is 207 Å². The van der Waals surface area contributed by atoms with E-state index in [1.165, 1.54) is 0 Å². The number of ether oxygens (including phenoxy) is 2. The van der Waals surface area contributed by atoms with Crippen molar-refractivity contribution in [2.24, 2.45) is 0 Å². The third-order valence-corrected chi connectivity index (χ3v) is 8.73. The van der Waals surface area contributed by atoms with Gasteiger partial charge in [-0.2, -0.15) is 0 Å². The predicted molar refractivity (Wildman–Crippen MR) is 143 cm³/mol. The minimum absolute atomic E-state index is 0.139. The van der Waals surface area contributed by atoms with Gasteiger partial charge in [0.05, 0.1) is 27.5 Å². The molecule has 2 bridgehead atoms. The second-order valence-corrected chi connectivity index (χ2v) is 10.7. The molecule has 0 spiro atoms. The number of nitrogens with zero attached hydrogens (tertiary/aromatic N) is 3. The Kier molecular flexibility index (Phi) is 3.80. The zero-order valence-corrected chi connectivity index (χ0v) is 20.7. The van der Waals surface area contributed by atoms with Crippen molar-refractivity contribution in [1.82, 2.24) is 19.0 Å². The van der Waals surface area contributed by atoms with Crippen LogP contribution in [0.5, 0.6) is 5.88 Å². The minimum atomic E-state index is -0.757. The smallest absolute Gasteiger partial charge is 0.197 e. The molecule has 2 aliphatic rings. The topological polar surface area (TPSA) is 67.6 Å². The third-order valence-electron chi connectivity index (χ3n) is 8.73. The van der Waals surface area contributed by atoms with E-state index in [2.05, 4.69) is 88.6 Å². The summed E-state index contributed by atoms with van der Waals surface area (Å²) in [6.07, 6.45) is 2.34. The molecule has 0 unspecified atom stereocenters. The SMILES string of the molecule is CO[C@@H]1[C@H](N(C)C)C[C@H]2O[C@]1(C)n1c3ccccc3c3c4c[nH]c(O)c4c4c5ccccc5n2c4c31. The van der Waals surface area contributed by atoms with Gasteiger partial charge in [-0.25, -0.2) is 0 Å². The zero-order chi connectivity index (χ0) is 24.5. The molecule has 5 heterocycles. The van der Waals surface area contributed by atoms with Gasteiger partial charge in [-0.05, 0) is 33.2 Å². The Hall–Kier alpha value is -3.52. The molecule has 6 aromatic rings. The number of fused-ring (bicyclic) bond motifs is 13. The highest BCUT2D eigenvalue weighted by Gasteiger charge is 2.53. The van der Waals surface area contributed by atoms with E-state index < -0.39 is 5.72 Å². The first kappa shape index (κ1) is 20.7. The summed E-state index contributed by atoms with van der Waals surface area (Å²) in [6.45, 7) is 2.18. The first-order valence-electron chi connectivity index (χ1n) is 12.5. The van der Waals surface area contributed by atoms with Crippen molar-refractivity contribution >= 4 is 54.4 Å². The molecule has 8 rings (SSSR count). The van der Waals surface area contributed by atoms with E-state index >= 15 is 0 Å². The molecule has 0 amide bonds. The maximum Gasteiger partial charge on any atom is 0.197 e. The fraction of sp³-hybridized carbons (Fsp3) is 0.310. The lowest BCUT2D eigenvalue weighted by molar-refractivity contribution is -0.266. The number of benzene rings is 3. The number of rotatable bonds is 2. The Morgan fingerprint density at radius 2 is 1.67 bits per heavy atom. The van der Waals surface area contributed by atoms with E-state index in [1.54, 1.807) is 7.11 Å². The average molecular weight is 481 g/mol. The van der Waals surface area contributed by atoms with Gasteiger partial charge in [-0.1, -0.05) is 36.4 Å². The van der Waals surface area contributed by atoms with Crippen LogP contribution in [-0.4, -0.2) is 57.5 Å². The van der Waals surface area contributed by atoms with Crippen molar-refractivity contribution in [1.29, 1.82) is 0 Å². The van der Waals surface area contributed by atoms with E-state index in [-0.39, 0.29) is 24.3 Å². The molecule has 1 saturated heterocycles. The summed E-state index contributed by atoms with van der Waals surface area (Å²) in [5.74, 6) is 0.201. The number of hydrogen-bond donors (Lipinski definition) is 2. The van der Waals surface area contributed by atoms with Crippen LogP contribution in [0.15, 0.2) is 54.7 Å². The number of methoxy groups -OCH3 is 1. The number of H-pyrrole nitrogens is 1. The first-order valence-corrected chi connectivity index (χ1v) is 12.5. The number of aromatic hydroxyl groups is 1. The van der Waals surface area contributed by atoms with Crippen molar-refractivity contribution < 1.29 is 14.6 Å². The van der Waals surface area contributed by atoms with E-state index in [1.807, 2.05) is 6.20 Å². The van der Waals surface area contributed by atoms with E-state index in [4.69, 9.17) is 9.47 Å². The van der Waals surface area contributed by atoms with Gasteiger partial charge in [-0.15, -0.1) is 0 Å². The highest BCUT2D eigenvalue weighted by atomic mass is 16.6. The van der Waals surface area contributed by atoms with Gasteiger partial charge in [-0.3, -0.25) is 0 Å². The highest BCUT2D eigenvalue weighted by Crippen LogP contribution is 2.54. The first-order chi connectivity index (χ1) is 17.5. The summed E-state index contributed by atoms with van der Waals surface area (Å²) in [6, 6.07) is 17.1. The lowest BCUT2D eigenvalue weighted by Crippen LogP contribution is -2.59. The second-order valence-electron chi connectivity index (χ2n) is 10.7. The van der Waals surface area contributed by atoms with Crippen LogP contribution in [0.1, 0.15) is 19.6 Å². The molecule has 7 heteroatoms. The van der Waals surface area contributed by atoms with Crippen molar-refractivity contribution in [3.8, 4) is 5.88 Å². The highest BCUT2D eigenvalue weighted by molar-refractivity contribution is 6.36. The Morgan fingerprint density at radius 3 is 2.39 bits per heavy atom. The molecule has 2 aliphatic heterocycles. The van der Waals surface area contributed by atoms with Crippen LogP contribution >= 0.6 is 0 Å².